The normalized spacial score (nSPS) is 10.4. The highest BCUT2D eigenvalue weighted by Gasteiger charge is 2.03. The first-order chi connectivity index (χ1) is 9.76. The minimum atomic E-state index is -0.335. The van der Waals surface area contributed by atoms with E-state index in [2.05, 4.69) is 34.4 Å². The highest BCUT2D eigenvalue weighted by molar-refractivity contribution is 5.81. The average molecular weight is 281 g/mol. The predicted octanol–water partition coefficient (Wildman–Crippen LogP) is 1.71. The number of aryl methyl sites for hydroxylation is 1. The predicted molar refractivity (Wildman–Crippen MR) is 76.1 cm³/mol. The number of imidazole rings is 1. The van der Waals surface area contributed by atoms with Crippen LogP contribution in [0.5, 0.6) is 0 Å². The number of unbranched alkanes of at least 4 members (excludes halogenated alkanes) is 3. The molecule has 0 radical (unpaired) electrons. The highest BCUT2D eigenvalue weighted by Crippen LogP contribution is 2.00. The third kappa shape index (κ3) is 7.09. The van der Waals surface area contributed by atoms with Crippen molar-refractivity contribution in [2.75, 3.05) is 20.3 Å². The van der Waals surface area contributed by atoms with Crippen molar-refractivity contribution in [3.63, 3.8) is 0 Å². The van der Waals surface area contributed by atoms with Crippen LogP contribution in [0.25, 0.3) is 0 Å². The van der Waals surface area contributed by atoms with E-state index in [-0.39, 0.29) is 5.97 Å². The van der Waals surface area contributed by atoms with Crippen LogP contribution >= 0.6 is 0 Å². The zero-order chi connectivity index (χ0) is 14.6. The lowest BCUT2D eigenvalue weighted by molar-refractivity contribution is -0.696. The van der Waals surface area contributed by atoms with E-state index in [1.54, 1.807) is 7.11 Å². The van der Waals surface area contributed by atoms with E-state index in [4.69, 9.17) is 9.47 Å². The van der Waals surface area contributed by atoms with Gasteiger partial charge < -0.3 is 9.47 Å². The monoisotopic (exact) mass is 281 g/mol. The van der Waals surface area contributed by atoms with E-state index in [9.17, 15) is 4.79 Å². The molecule has 0 amide bonds. The number of nitrogens with zero attached hydrogens (tertiary/aromatic N) is 2. The Bertz CT molecular complexity index is 402. The molecular formula is C15H25N2O3+. The lowest BCUT2D eigenvalue weighted by Gasteiger charge is -2.01. The Morgan fingerprint density at radius 1 is 1.30 bits per heavy atom. The molecule has 1 rings (SSSR count). The standard InChI is InChI=1S/C15H25N2O3/c1-3-15(18)20-12-7-5-4-6-8-16-9-10-17(14-16)11-13-19-2/h3,9-10,14H,1,4-8,11-13H2,2H3/q+1. The molecule has 1 aromatic heterocycles. The number of esters is 1. The smallest absolute Gasteiger partial charge is 0.330 e. The van der Waals surface area contributed by atoms with Gasteiger partial charge in [-0.15, -0.1) is 0 Å². The van der Waals surface area contributed by atoms with E-state index in [0.717, 1.165) is 45.4 Å². The fraction of sp³-hybridized carbons (Fsp3) is 0.600. The van der Waals surface area contributed by atoms with E-state index in [1.165, 1.54) is 6.08 Å². The molecule has 20 heavy (non-hydrogen) atoms. The van der Waals surface area contributed by atoms with Gasteiger partial charge in [-0.2, -0.15) is 0 Å². The summed E-state index contributed by atoms with van der Waals surface area (Å²) >= 11 is 0. The van der Waals surface area contributed by atoms with Gasteiger partial charge in [-0.1, -0.05) is 6.58 Å². The van der Waals surface area contributed by atoms with Gasteiger partial charge in [0.25, 0.3) is 0 Å². The zero-order valence-corrected chi connectivity index (χ0v) is 12.3. The Kier molecular flexibility index (Phi) is 8.38. The van der Waals surface area contributed by atoms with Gasteiger partial charge in [-0.25, -0.2) is 13.9 Å². The van der Waals surface area contributed by atoms with Gasteiger partial charge in [0.1, 0.15) is 18.9 Å². The molecule has 5 nitrogen and oxygen atoms in total. The summed E-state index contributed by atoms with van der Waals surface area (Å²) < 4.78 is 14.3. The summed E-state index contributed by atoms with van der Waals surface area (Å²) in [4.78, 5) is 10.8. The van der Waals surface area contributed by atoms with E-state index < -0.39 is 0 Å². The number of carbonyl (C=O) groups is 1. The summed E-state index contributed by atoms with van der Waals surface area (Å²) in [5.41, 5.74) is 0. The SMILES string of the molecule is C=CC(=O)OCCCCCC[n+]1ccn(CCOC)c1. The molecule has 0 spiro atoms. The van der Waals surface area contributed by atoms with Crippen LogP contribution < -0.4 is 4.57 Å². The lowest BCUT2D eigenvalue weighted by Crippen LogP contribution is -2.31. The van der Waals surface area contributed by atoms with Gasteiger partial charge >= 0.3 is 5.97 Å². The summed E-state index contributed by atoms with van der Waals surface area (Å²) in [5, 5.41) is 0. The molecule has 0 fully saturated rings. The molecule has 0 saturated heterocycles. The summed E-state index contributed by atoms with van der Waals surface area (Å²) in [6.45, 7) is 6.49. The van der Waals surface area contributed by atoms with Crippen molar-refractivity contribution >= 4 is 5.97 Å². The quantitative estimate of drug-likeness (QED) is 0.268. The van der Waals surface area contributed by atoms with Crippen LogP contribution in [0, 0.1) is 0 Å². The van der Waals surface area contributed by atoms with E-state index >= 15 is 0 Å². The minimum absolute atomic E-state index is 0.335. The number of carbonyl (C=O) groups excluding carboxylic acids is 1. The molecule has 0 aliphatic carbocycles. The maximum atomic E-state index is 10.8. The zero-order valence-electron chi connectivity index (χ0n) is 12.3. The average Bonchev–Trinajstić information content (AvgIpc) is 2.91. The molecule has 112 valence electrons. The summed E-state index contributed by atoms with van der Waals surface area (Å²) in [5.74, 6) is -0.335. The maximum Gasteiger partial charge on any atom is 0.330 e. The number of ether oxygens (including phenoxy) is 2. The summed E-state index contributed by atoms with van der Waals surface area (Å²) in [6.07, 6.45) is 11.7. The molecule has 0 aromatic carbocycles. The Balaban J connectivity index is 2.02. The van der Waals surface area contributed by atoms with Crippen molar-refractivity contribution in [2.45, 2.75) is 38.8 Å². The van der Waals surface area contributed by atoms with E-state index in [1.807, 2.05) is 0 Å². The summed E-state index contributed by atoms with van der Waals surface area (Å²) in [7, 11) is 1.71. The second-order valence-electron chi connectivity index (χ2n) is 4.67. The molecule has 0 aliphatic heterocycles. The topological polar surface area (TPSA) is 44.3 Å². The van der Waals surface area contributed by atoms with Crippen LogP contribution in [-0.4, -0.2) is 30.9 Å². The van der Waals surface area contributed by atoms with Crippen molar-refractivity contribution in [3.8, 4) is 0 Å². The van der Waals surface area contributed by atoms with Crippen LogP contribution in [0.4, 0.5) is 0 Å². The number of rotatable bonds is 11. The molecule has 0 saturated carbocycles. The molecule has 0 N–H and O–H groups in total. The molecule has 1 heterocycles. The minimum Gasteiger partial charge on any atom is -0.463 e. The van der Waals surface area contributed by atoms with Crippen molar-refractivity contribution in [1.82, 2.24) is 4.57 Å². The lowest BCUT2D eigenvalue weighted by atomic mass is 10.2. The van der Waals surface area contributed by atoms with Crippen LogP contribution in [0.15, 0.2) is 31.4 Å². The Labute approximate surface area is 120 Å². The van der Waals surface area contributed by atoms with Crippen LogP contribution in [-0.2, 0) is 27.4 Å². The fourth-order valence-corrected chi connectivity index (χ4v) is 1.88. The van der Waals surface area contributed by atoms with Crippen molar-refractivity contribution in [2.24, 2.45) is 0 Å². The van der Waals surface area contributed by atoms with Gasteiger partial charge in [-0.3, -0.25) is 0 Å². The van der Waals surface area contributed by atoms with E-state index in [0.29, 0.717) is 6.61 Å². The maximum absolute atomic E-state index is 10.8. The Hall–Kier alpha value is -1.62. The first kappa shape index (κ1) is 16.4. The van der Waals surface area contributed by atoms with Crippen LogP contribution in [0.1, 0.15) is 25.7 Å². The number of hydrogen-bond acceptors (Lipinski definition) is 3. The fourth-order valence-electron chi connectivity index (χ4n) is 1.88. The molecule has 0 aliphatic rings. The van der Waals surface area contributed by atoms with Crippen LogP contribution in [0.3, 0.4) is 0 Å². The molecule has 0 atom stereocenters. The Morgan fingerprint density at radius 3 is 2.85 bits per heavy atom. The van der Waals surface area contributed by atoms with Crippen molar-refractivity contribution in [1.29, 1.82) is 0 Å². The second kappa shape index (κ2) is 10.2. The van der Waals surface area contributed by atoms with Gasteiger partial charge in [0.05, 0.1) is 19.8 Å². The van der Waals surface area contributed by atoms with Gasteiger partial charge in [-0.05, 0) is 25.7 Å². The summed E-state index contributed by atoms with van der Waals surface area (Å²) in [6, 6.07) is 0. The third-order valence-corrected chi connectivity index (χ3v) is 3.02. The molecule has 1 aromatic rings. The molecule has 0 unspecified atom stereocenters. The Morgan fingerprint density at radius 2 is 2.10 bits per heavy atom. The van der Waals surface area contributed by atoms with Crippen LogP contribution in [0.2, 0.25) is 0 Å². The van der Waals surface area contributed by atoms with Gasteiger partial charge in [0.2, 0.25) is 6.33 Å². The highest BCUT2D eigenvalue weighted by atomic mass is 16.5. The molecule has 0 bridgehead atoms. The molecular weight excluding hydrogens is 256 g/mol. The molecule has 5 heteroatoms. The van der Waals surface area contributed by atoms with Crippen molar-refractivity contribution < 1.29 is 18.8 Å². The van der Waals surface area contributed by atoms with Crippen molar-refractivity contribution in [3.05, 3.63) is 31.4 Å². The second-order valence-corrected chi connectivity index (χ2v) is 4.67. The van der Waals surface area contributed by atoms with Gasteiger partial charge in [0, 0.05) is 13.2 Å². The van der Waals surface area contributed by atoms with Gasteiger partial charge in [0.15, 0.2) is 0 Å². The largest absolute Gasteiger partial charge is 0.463 e. The number of aromatic nitrogens is 2. The first-order valence-electron chi connectivity index (χ1n) is 7.09. The first-order valence-corrected chi connectivity index (χ1v) is 7.09. The number of hydrogen-bond donors (Lipinski definition) is 0. The number of methoxy groups -OCH3 is 1. The third-order valence-electron chi connectivity index (χ3n) is 3.02.